The number of benzene rings is 1. The third-order valence-corrected chi connectivity index (χ3v) is 4.62. The molecule has 0 aliphatic carbocycles. The molecule has 1 aromatic carbocycles. The molecule has 0 saturated carbocycles. The first kappa shape index (κ1) is 22.6. The molecule has 146 valence electrons. The quantitative estimate of drug-likeness (QED) is 0.192. The highest BCUT2D eigenvalue weighted by Gasteiger charge is 2.06. The van der Waals surface area contributed by atoms with Crippen LogP contribution in [0.15, 0.2) is 29.2 Å². The highest BCUT2D eigenvalue weighted by atomic mass is 32.2. The number of unbranched alkanes of at least 4 members (excludes halogenated alkanes) is 5. The normalized spacial score (nSPS) is 10.8. The zero-order valence-electron chi connectivity index (χ0n) is 16.3. The van der Waals surface area contributed by atoms with Crippen molar-refractivity contribution in [3.63, 3.8) is 0 Å². The summed E-state index contributed by atoms with van der Waals surface area (Å²) < 4.78 is 10.5. The fourth-order valence-corrected chi connectivity index (χ4v) is 2.81. The van der Waals surface area contributed by atoms with Gasteiger partial charge in [-0.05, 0) is 49.3 Å². The van der Waals surface area contributed by atoms with Gasteiger partial charge >= 0.3 is 11.9 Å². The summed E-state index contributed by atoms with van der Waals surface area (Å²) in [7, 11) is 0. The monoisotopic (exact) mass is 380 g/mol. The average molecular weight is 381 g/mol. The molecular formula is C21H32O4S. The highest BCUT2D eigenvalue weighted by Crippen LogP contribution is 2.19. The molecule has 26 heavy (non-hydrogen) atoms. The summed E-state index contributed by atoms with van der Waals surface area (Å²) in [5, 5.41) is 0. The third-order valence-electron chi connectivity index (χ3n) is 3.88. The van der Waals surface area contributed by atoms with Crippen LogP contribution in [0.4, 0.5) is 0 Å². The van der Waals surface area contributed by atoms with Crippen LogP contribution in [0.2, 0.25) is 0 Å². The van der Waals surface area contributed by atoms with Crippen LogP contribution < -0.4 is 4.74 Å². The number of thioether (sulfide) groups is 1. The van der Waals surface area contributed by atoms with Gasteiger partial charge in [0.25, 0.3) is 0 Å². The SMILES string of the molecule is CSc1ccc(OC(=O)CCCCCCCCC(=O)OCC(C)C)cc1. The van der Waals surface area contributed by atoms with E-state index in [1.807, 2.05) is 44.4 Å². The molecule has 1 rings (SSSR count). The van der Waals surface area contributed by atoms with Crippen molar-refractivity contribution in [3.05, 3.63) is 24.3 Å². The molecule has 0 unspecified atom stereocenters. The lowest BCUT2D eigenvalue weighted by atomic mass is 10.1. The Kier molecular flexibility index (Phi) is 11.9. The summed E-state index contributed by atoms with van der Waals surface area (Å²) in [4.78, 5) is 24.4. The van der Waals surface area contributed by atoms with Crippen LogP contribution in [0.1, 0.15) is 65.2 Å². The van der Waals surface area contributed by atoms with Crippen LogP contribution in [0, 0.1) is 5.92 Å². The Morgan fingerprint density at radius 2 is 1.42 bits per heavy atom. The van der Waals surface area contributed by atoms with E-state index in [1.165, 1.54) is 0 Å². The summed E-state index contributed by atoms with van der Waals surface area (Å²) in [6.07, 6.45) is 8.91. The Morgan fingerprint density at radius 1 is 0.885 bits per heavy atom. The topological polar surface area (TPSA) is 52.6 Å². The molecule has 0 amide bonds. The maximum atomic E-state index is 11.8. The minimum absolute atomic E-state index is 0.0907. The molecule has 4 nitrogen and oxygen atoms in total. The molecule has 1 aromatic rings. The van der Waals surface area contributed by atoms with Gasteiger partial charge in [0.05, 0.1) is 6.61 Å². The van der Waals surface area contributed by atoms with E-state index in [4.69, 9.17) is 9.47 Å². The van der Waals surface area contributed by atoms with Crippen molar-refractivity contribution < 1.29 is 19.1 Å². The van der Waals surface area contributed by atoms with Crippen LogP contribution in [-0.2, 0) is 14.3 Å². The second-order valence-electron chi connectivity index (χ2n) is 6.85. The molecule has 0 aliphatic heterocycles. The van der Waals surface area contributed by atoms with Gasteiger partial charge in [-0.25, -0.2) is 0 Å². The average Bonchev–Trinajstić information content (AvgIpc) is 2.62. The largest absolute Gasteiger partial charge is 0.465 e. The summed E-state index contributed by atoms with van der Waals surface area (Å²) in [6.45, 7) is 4.57. The van der Waals surface area contributed by atoms with Crippen molar-refractivity contribution in [2.24, 2.45) is 5.92 Å². The van der Waals surface area contributed by atoms with Gasteiger partial charge < -0.3 is 9.47 Å². The lowest BCUT2D eigenvalue weighted by molar-refractivity contribution is -0.144. The lowest BCUT2D eigenvalue weighted by Gasteiger charge is -2.07. The van der Waals surface area contributed by atoms with E-state index in [0.717, 1.165) is 43.4 Å². The molecule has 0 fully saturated rings. The van der Waals surface area contributed by atoms with Crippen LogP contribution >= 0.6 is 11.8 Å². The number of rotatable bonds is 13. The Hall–Kier alpha value is -1.49. The Balaban J connectivity index is 1.98. The predicted octanol–water partition coefficient (Wildman–Crippen LogP) is 5.63. The summed E-state index contributed by atoms with van der Waals surface area (Å²) in [6, 6.07) is 7.56. The third kappa shape index (κ3) is 11.2. The fraction of sp³-hybridized carbons (Fsp3) is 0.619. The zero-order valence-corrected chi connectivity index (χ0v) is 17.1. The van der Waals surface area contributed by atoms with E-state index < -0.39 is 0 Å². The predicted molar refractivity (Wildman–Crippen MR) is 107 cm³/mol. The first-order valence-electron chi connectivity index (χ1n) is 9.51. The molecule has 0 saturated heterocycles. The van der Waals surface area contributed by atoms with Crippen LogP contribution in [0.3, 0.4) is 0 Å². The maximum absolute atomic E-state index is 11.8. The fourth-order valence-electron chi connectivity index (χ4n) is 2.40. The number of esters is 2. The second kappa shape index (κ2) is 13.7. The number of hydrogen-bond donors (Lipinski definition) is 0. The van der Waals surface area contributed by atoms with Gasteiger partial charge in [-0.15, -0.1) is 11.8 Å². The van der Waals surface area contributed by atoms with Crippen LogP contribution in [0.25, 0.3) is 0 Å². The smallest absolute Gasteiger partial charge is 0.311 e. The Bertz CT molecular complexity index is 525. The molecular weight excluding hydrogens is 348 g/mol. The Labute approximate surface area is 162 Å². The molecule has 0 aromatic heterocycles. The van der Waals surface area contributed by atoms with Gasteiger partial charge in [0.2, 0.25) is 0 Å². The maximum Gasteiger partial charge on any atom is 0.311 e. The van der Waals surface area contributed by atoms with Crippen molar-refractivity contribution >= 4 is 23.7 Å². The second-order valence-corrected chi connectivity index (χ2v) is 7.73. The minimum atomic E-state index is -0.171. The molecule has 0 spiro atoms. The van der Waals surface area contributed by atoms with Gasteiger partial charge in [-0.3, -0.25) is 9.59 Å². The van der Waals surface area contributed by atoms with E-state index in [-0.39, 0.29) is 11.9 Å². The zero-order chi connectivity index (χ0) is 19.2. The van der Waals surface area contributed by atoms with Gasteiger partial charge in [0, 0.05) is 17.7 Å². The first-order valence-corrected chi connectivity index (χ1v) is 10.7. The van der Waals surface area contributed by atoms with Gasteiger partial charge in [-0.2, -0.15) is 0 Å². The van der Waals surface area contributed by atoms with Gasteiger partial charge in [0.15, 0.2) is 0 Å². The molecule has 0 radical (unpaired) electrons. The van der Waals surface area contributed by atoms with Crippen molar-refractivity contribution in [1.82, 2.24) is 0 Å². The first-order chi connectivity index (χ1) is 12.5. The number of ether oxygens (including phenoxy) is 2. The molecule has 0 N–H and O–H groups in total. The minimum Gasteiger partial charge on any atom is -0.465 e. The van der Waals surface area contributed by atoms with Crippen molar-refractivity contribution in [1.29, 1.82) is 0 Å². The van der Waals surface area contributed by atoms with E-state index in [9.17, 15) is 9.59 Å². The van der Waals surface area contributed by atoms with Crippen molar-refractivity contribution in [3.8, 4) is 5.75 Å². The molecule has 0 aliphatic rings. The summed E-state index contributed by atoms with van der Waals surface area (Å²) >= 11 is 1.66. The lowest BCUT2D eigenvalue weighted by Crippen LogP contribution is -2.09. The number of carbonyl (C=O) groups excluding carboxylic acids is 2. The van der Waals surface area contributed by atoms with Gasteiger partial charge in [-0.1, -0.05) is 39.5 Å². The van der Waals surface area contributed by atoms with Crippen LogP contribution in [0.5, 0.6) is 5.75 Å². The Morgan fingerprint density at radius 3 is 1.96 bits per heavy atom. The standard InChI is InChI=1S/C21H32O4S/c1-17(2)16-24-20(22)10-8-6-4-5-7-9-11-21(23)25-18-12-14-19(26-3)15-13-18/h12-15,17H,4-11,16H2,1-3H3. The van der Waals surface area contributed by atoms with E-state index >= 15 is 0 Å². The van der Waals surface area contributed by atoms with Crippen LogP contribution in [-0.4, -0.2) is 24.8 Å². The molecule has 0 heterocycles. The highest BCUT2D eigenvalue weighted by molar-refractivity contribution is 7.98. The molecule has 5 heteroatoms. The van der Waals surface area contributed by atoms with Gasteiger partial charge in [0.1, 0.15) is 5.75 Å². The van der Waals surface area contributed by atoms with E-state index in [2.05, 4.69) is 0 Å². The number of hydrogen-bond acceptors (Lipinski definition) is 5. The summed E-state index contributed by atoms with van der Waals surface area (Å²) in [5.41, 5.74) is 0. The van der Waals surface area contributed by atoms with Crippen molar-refractivity contribution in [2.45, 2.75) is 70.1 Å². The van der Waals surface area contributed by atoms with E-state index in [1.54, 1.807) is 11.8 Å². The molecule has 0 bridgehead atoms. The summed E-state index contributed by atoms with van der Waals surface area (Å²) in [5.74, 6) is 0.735. The van der Waals surface area contributed by atoms with Crippen molar-refractivity contribution in [2.75, 3.05) is 12.9 Å². The molecule has 0 atom stereocenters. The van der Waals surface area contributed by atoms with E-state index in [0.29, 0.717) is 31.1 Å². The number of carbonyl (C=O) groups is 2.